The van der Waals surface area contributed by atoms with Crippen molar-refractivity contribution in [3.8, 4) is 5.75 Å². The van der Waals surface area contributed by atoms with Crippen molar-refractivity contribution in [3.05, 3.63) is 29.8 Å². The summed E-state index contributed by atoms with van der Waals surface area (Å²) in [5.41, 5.74) is -1.77. The van der Waals surface area contributed by atoms with Gasteiger partial charge in [0.2, 0.25) is 0 Å². The first-order valence-electron chi connectivity index (χ1n) is 8.24. The van der Waals surface area contributed by atoms with Crippen LogP contribution in [-0.2, 0) is 15.1 Å². The second-order valence-corrected chi connectivity index (χ2v) is 5.70. The Bertz CT molecular complexity index is 518. The second kappa shape index (κ2) is 8.97. The summed E-state index contributed by atoms with van der Waals surface area (Å²) < 4.78 is 37.3. The molecule has 1 N–H and O–H groups in total. The molecule has 3 unspecified atom stereocenters. The Morgan fingerprint density at radius 3 is 2.21 bits per heavy atom. The van der Waals surface area contributed by atoms with Crippen molar-refractivity contribution >= 4 is 5.97 Å². The van der Waals surface area contributed by atoms with Gasteiger partial charge in [-0.15, -0.1) is 0 Å². The van der Waals surface area contributed by atoms with E-state index in [1.165, 1.54) is 19.1 Å². The molecule has 0 saturated heterocycles. The van der Waals surface area contributed by atoms with E-state index >= 15 is 0 Å². The number of esters is 1. The zero-order chi connectivity index (χ0) is 18.3. The third-order valence-corrected chi connectivity index (χ3v) is 4.11. The molecule has 0 radical (unpaired) electrons. The van der Waals surface area contributed by atoms with Crippen LogP contribution in [0.15, 0.2) is 24.3 Å². The minimum Gasteiger partial charge on any atom is -0.491 e. The van der Waals surface area contributed by atoms with Gasteiger partial charge >= 0.3 is 5.97 Å². The highest BCUT2D eigenvalue weighted by Crippen LogP contribution is 2.38. The second-order valence-electron chi connectivity index (χ2n) is 5.70. The summed E-state index contributed by atoms with van der Waals surface area (Å²) in [7, 11) is 0. The van der Waals surface area contributed by atoms with E-state index in [0.717, 1.165) is 6.42 Å². The first-order chi connectivity index (χ1) is 11.3. The van der Waals surface area contributed by atoms with Gasteiger partial charge in [-0.05, 0) is 44.4 Å². The van der Waals surface area contributed by atoms with E-state index in [9.17, 15) is 18.7 Å². The fourth-order valence-electron chi connectivity index (χ4n) is 2.48. The summed E-state index contributed by atoms with van der Waals surface area (Å²) in [6.07, 6.45) is -2.23. The lowest BCUT2D eigenvalue weighted by molar-refractivity contribution is -0.172. The number of hydrogen-bond acceptors (Lipinski definition) is 4. The minimum absolute atomic E-state index is 0.0225. The van der Waals surface area contributed by atoms with Crippen molar-refractivity contribution in [2.45, 2.75) is 58.7 Å². The van der Waals surface area contributed by atoms with E-state index in [0.29, 0.717) is 5.75 Å². The fourth-order valence-corrected chi connectivity index (χ4v) is 2.48. The van der Waals surface area contributed by atoms with Gasteiger partial charge in [0, 0.05) is 0 Å². The molecule has 24 heavy (non-hydrogen) atoms. The number of benzene rings is 1. The normalized spacial score (nSPS) is 16.3. The molecule has 0 aliphatic carbocycles. The average Bonchev–Trinajstić information content (AvgIpc) is 2.55. The number of hydrogen-bond donors (Lipinski definition) is 1. The largest absolute Gasteiger partial charge is 0.491 e. The highest BCUT2D eigenvalue weighted by Gasteiger charge is 2.48. The highest BCUT2D eigenvalue weighted by atomic mass is 19.3. The van der Waals surface area contributed by atoms with Gasteiger partial charge in [0.05, 0.1) is 12.7 Å². The van der Waals surface area contributed by atoms with Crippen molar-refractivity contribution in [1.29, 1.82) is 0 Å². The smallest absolute Gasteiger partial charge is 0.318 e. The maximum absolute atomic E-state index is 13.5. The topological polar surface area (TPSA) is 55.8 Å². The molecule has 3 atom stereocenters. The molecule has 1 rings (SSSR count). The lowest BCUT2D eigenvalue weighted by Gasteiger charge is -2.34. The first kappa shape index (κ1) is 20.4. The van der Waals surface area contributed by atoms with Gasteiger partial charge < -0.3 is 14.6 Å². The molecular weight excluding hydrogens is 318 g/mol. The molecule has 0 aromatic heterocycles. The molecule has 0 aliphatic heterocycles. The third-order valence-electron chi connectivity index (χ3n) is 4.11. The monoisotopic (exact) mass is 344 g/mol. The molecule has 0 bridgehead atoms. The van der Waals surface area contributed by atoms with E-state index in [2.05, 4.69) is 0 Å². The minimum atomic E-state index is -3.04. The zero-order valence-electron chi connectivity index (χ0n) is 14.6. The maximum atomic E-state index is 13.5. The summed E-state index contributed by atoms with van der Waals surface area (Å²) in [5, 5.41) is 10.8. The number of rotatable bonds is 9. The predicted octanol–water partition coefficient (Wildman–Crippen LogP) is 3.91. The number of carbonyl (C=O) groups excluding carboxylic acids is 1. The molecule has 6 heteroatoms. The van der Waals surface area contributed by atoms with Crippen LogP contribution in [0.4, 0.5) is 8.78 Å². The van der Waals surface area contributed by atoms with Crippen LogP contribution in [0.1, 0.15) is 46.1 Å². The highest BCUT2D eigenvalue weighted by molar-refractivity contribution is 5.74. The molecule has 136 valence electrons. The van der Waals surface area contributed by atoms with Crippen LogP contribution < -0.4 is 4.74 Å². The molecule has 0 spiro atoms. The maximum Gasteiger partial charge on any atom is 0.318 e. The first-order valence-corrected chi connectivity index (χ1v) is 8.24. The van der Waals surface area contributed by atoms with Gasteiger partial charge in [-0.2, -0.15) is 0 Å². The van der Waals surface area contributed by atoms with E-state index in [1.807, 2.05) is 13.8 Å². The molecule has 0 amide bonds. The number of halogens is 2. The number of aliphatic hydroxyl groups is 1. The van der Waals surface area contributed by atoms with Gasteiger partial charge in [0.1, 0.15) is 11.4 Å². The Morgan fingerprint density at radius 2 is 1.79 bits per heavy atom. The Kier molecular flexibility index (Phi) is 7.60. The lowest BCUT2D eigenvalue weighted by atomic mass is 9.79. The van der Waals surface area contributed by atoms with E-state index in [-0.39, 0.29) is 24.7 Å². The molecular formula is C18H26F2O4. The Hall–Kier alpha value is -1.69. The standard InChI is InChI=1S/C18H26F2O4/c1-5-12(4)24-14-10-8-13(9-11-14)18(22,6-2)15(16(19)20)17(21)23-7-3/h8-12,15-16,22H,5-7H2,1-4H3. The summed E-state index contributed by atoms with van der Waals surface area (Å²) in [6, 6.07) is 6.23. The average molecular weight is 344 g/mol. The summed E-state index contributed by atoms with van der Waals surface area (Å²) in [5.74, 6) is -2.46. The van der Waals surface area contributed by atoms with Crippen molar-refractivity contribution in [2.24, 2.45) is 5.92 Å². The fraction of sp³-hybridized carbons (Fsp3) is 0.611. The lowest BCUT2D eigenvalue weighted by Crippen LogP contribution is -2.44. The molecule has 1 aromatic carbocycles. The van der Waals surface area contributed by atoms with Crippen molar-refractivity contribution in [1.82, 2.24) is 0 Å². The van der Waals surface area contributed by atoms with Gasteiger partial charge in [-0.25, -0.2) is 8.78 Å². The SMILES string of the molecule is CCOC(=O)C(C(F)F)C(O)(CC)c1ccc(OC(C)CC)cc1. The van der Waals surface area contributed by atoms with Gasteiger partial charge in [0.25, 0.3) is 6.43 Å². The zero-order valence-corrected chi connectivity index (χ0v) is 14.6. The quantitative estimate of drug-likeness (QED) is 0.690. The Balaban J connectivity index is 3.13. The summed E-state index contributed by atoms with van der Waals surface area (Å²) in [6.45, 7) is 6.97. The summed E-state index contributed by atoms with van der Waals surface area (Å²) in [4.78, 5) is 11.9. The third kappa shape index (κ3) is 4.66. The van der Waals surface area contributed by atoms with Crippen molar-refractivity contribution in [2.75, 3.05) is 6.61 Å². The molecule has 0 saturated carbocycles. The van der Waals surface area contributed by atoms with Gasteiger partial charge in [-0.1, -0.05) is 26.0 Å². The molecule has 0 aliphatic rings. The Labute approximate surface area is 141 Å². The molecule has 0 heterocycles. The van der Waals surface area contributed by atoms with Crippen LogP contribution in [0.2, 0.25) is 0 Å². The van der Waals surface area contributed by atoms with Crippen LogP contribution in [-0.4, -0.2) is 30.2 Å². The Morgan fingerprint density at radius 1 is 1.21 bits per heavy atom. The van der Waals surface area contributed by atoms with Crippen LogP contribution >= 0.6 is 0 Å². The van der Waals surface area contributed by atoms with Crippen LogP contribution in [0.3, 0.4) is 0 Å². The van der Waals surface area contributed by atoms with Gasteiger partial charge in [-0.3, -0.25) is 4.79 Å². The van der Waals surface area contributed by atoms with Crippen molar-refractivity contribution in [3.63, 3.8) is 0 Å². The van der Waals surface area contributed by atoms with E-state index in [4.69, 9.17) is 9.47 Å². The van der Waals surface area contributed by atoms with E-state index < -0.39 is 23.9 Å². The number of carbonyl (C=O) groups is 1. The number of ether oxygens (including phenoxy) is 2. The van der Waals surface area contributed by atoms with Crippen LogP contribution in [0.25, 0.3) is 0 Å². The van der Waals surface area contributed by atoms with E-state index in [1.54, 1.807) is 19.1 Å². The van der Waals surface area contributed by atoms with Crippen molar-refractivity contribution < 1.29 is 28.2 Å². The number of alkyl halides is 2. The predicted molar refractivity (Wildman–Crippen MR) is 87.1 cm³/mol. The van der Waals surface area contributed by atoms with Gasteiger partial charge in [0.15, 0.2) is 5.92 Å². The van der Waals surface area contributed by atoms with Crippen LogP contribution in [0.5, 0.6) is 5.75 Å². The van der Waals surface area contributed by atoms with Crippen LogP contribution in [0, 0.1) is 5.92 Å². The molecule has 1 aromatic rings. The molecule has 0 fully saturated rings. The summed E-state index contributed by atoms with van der Waals surface area (Å²) >= 11 is 0. The molecule has 4 nitrogen and oxygen atoms in total.